The molecule has 2 rings (SSSR count). The van der Waals surface area contributed by atoms with E-state index in [2.05, 4.69) is 15.9 Å². The van der Waals surface area contributed by atoms with Crippen LogP contribution < -0.4 is 5.73 Å². The predicted octanol–water partition coefficient (Wildman–Crippen LogP) is 4.10. The van der Waals surface area contributed by atoms with Crippen molar-refractivity contribution in [2.75, 3.05) is 12.8 Å². The maximum atomic E-state index is 13.7. The van der Waals surface area contributed by atoms with Gasteiger partial charge in [-0.15, -0.1) is 0 Å². The van der Waals surface area contributed by atoms with Gasteiger partial charge in [-0.25, -0.2) is 4.39 Å². The average Bonchev–Trinajstić information content (AvgIpc) is 2.45. The van der Waals surface area contributed by atoms with E-state index in [-0.39, 0.29) is 12.5 Å². The minimum absolute atomic E-state index is 0.0836. The molecule has 0 saturated carbocycles. The van der Waals surface area contributed by atoms with Crippen molar-refractivity contribution in [3.8, 4) is 0 Å². The van der Waals surface area contributed by atoms with Crippen LogP contribution in [0.4, 0.5) is 10.1 Å². The van der Waals surface area contributed by atoms with Crippen LogP contribution in [0.3, 0.4) is 0 Å². The molecular formula is C15H13BrClFN2O. The van der Waals surface area contributed by atoms with Gasteiger partial charge in [-0.3, -0.25) is 4.79 Å². The van der Waals surface area contributed by atoms with E-state index in [1.54, 1.807) is 31.3 Å². The molecule has 0 aromatic heterocycles. The molecule has 110 valence electrons. The zero-order valence-corrected chi connectivity index (χ0v) is 13.6. The van der Waals surface area contributed by atoms with Gasteiger partial charge in [0.2, 0.25) is 0 Å². The van der Waals surface area contributed by atoms with Gasteiger partial charge in [-0.1, -0.05) is 17.7 Å². The molecule has 2 aromatic carbocycles. The first-order chi connectivity index (χ1) is 9.90. The molecule has 0 spiro atoms. The summed E-state index contributed by atoms with van der Waals surface area (Å²) >= 11 is 9.24. The molecule has 0 atom stereocenters. The van der Waals surface area contributed by atoms with Gasteiger partial charge in [-0.2, -0.15) is 0 Å². The van der Waals surface area contributed by atoms with Crippen molar-refractivity contribution in [1.82, 2.24) is 4.90 Å². The van der Waals surface area contributed by atoms with Crippen molar-refractivity contribution in [2.24, 2.45) is 0 Å². The molecule has 1 amide bonds. The smallest absolute Gasteiger partial charge is 0.253 e. The highest BCUT2D eigenvalue weighted by Gasteiger charge is 2.16. The molecule has 2 N–H and O–H groups in total. The number of benzene rings is 2. The van der Waals surface area contributed by atoms with Crippen LogP contribution in [-0.4, -0.2) is 17.9 Å². The highest BCUT2D eigenvalue weighted by atomic mass is 79.9. The Hall–Kier alpha value is -1.59. The number of carbonyl (C=O) groups excluding carboxylic acids is 1. The third kappa shape index (κ3) is 3.54. The lowest BCUT2D eigenvalue weighted by Crippen LogP contribution is -2.26. The summed E-state index contributed by atoms with van der Waals surface area (Å²) in [6.07, 6.45) is 0. The molecule has 3 nitrogen and oxygen atoms in total. The SMILES string of the molecule is CN(Cc1c(F)cccc1Cl)C(=O)c1ccc(Br)c(N)c1. The summed E-state index contributed by atoms with van der Waals surface area (Å²) in [7, 11) is 1.59. The molecule has 0 fully saturated rings. The molecular weight excluding hydrogens is 359 g/mol. The lowest BCUT2D eigenvalue weighted by atomic mass is 10.1. The van der Waals surface area contributed by atoms with Gasteiger partial charge in [0.1, 0.15) is 5.82 Å². The number of nitrogen functional groups attached to an aromatic ring is 1. The number of hydrogen-bond acceptors (Lipinski definition) is 2. The Balaban J connectivity index is 2.21. The molecule has 0 unspecified atom stereocenters. The first-order valence-corrected chi connectivity index (χ1v) is 7.30. The van der Waals surface area contributed by atoms with E-state index in [0.29, 0.717) is 21.8 Å². The van der Waals surface area contributed by atoms with Crippen LogP contribution in [0.2, 0.25) is 5.02 Å². The first kappa shape index (κ1) is 15.8. The second-order valence-electron chi connectivity index (χ2n) is 4.60. The Labute approximate surface area is 135 Å². The number of rotatable bonds is 3. The molecule has 0 saturated heterocycles. The molecule has 0 heterocycles. The number of halogens is 3. The lowest BCUT2D eigenvalue weighted by Gasteiger charge is -2.19. The van der Waals surface area contributed by atoms with E-state index in [1.807, 2.05) is 0 Å². The molecule has 0 radical (unpaired) electrons. The van der Waals surface area contributed by atoms with Gasteiger partial charge in [0.05, 0.1) is 0 Å². The lowest BCUT2D eigenvalue weighted by molar-refractivity contribution is 0.0784. The molecule has 6 heteroatoms. The highest BCUT2D eigenvalue weighted by Crippen LogP contribution is 2.23. The summed E-state index contributed by atoms with van der Waals surface area (Å²) in [6, 6.07) is 9.37. The maximum Gasteiger partial charge on any atom is 0.253 e. The molecule has 0 aliphatic carbocycles. The maximum absolute atomic E-state index is 13.7. The summed E-state index contributed by atoms with van der Waals surface area (Å²) in [4.78, 5) is 13.7. The Kier molecular flexibility index (Phi) is 4.85. The monoisotopic (exact) mass is 370 g/mol. The number of anilines is 1. The van der Waals surface area contributed by atoms with Crippen molar-refractivity contribution in [3.63, 3.8) is 0 Å². The predicted molar refractivity (Wildman–Crippen MR) is 85.8 cm³/mol. The summed E-state index contributed by atoms with van der Waals surface area (Å²) in [6.45, 7) is 0.0836. The Bertz CT molecular complexity index is 673. The van der Waals surface area contributed by atoms with Crippen molar-refractivity contribution in [3.05, 3.63) is 62.8 Å². The van der Waals surface area contributed by atoms with Crippen molar-refractivity contribution >= 4 is 39.1 Å². The molecule has 21 heavy (non-hydrogen) atoms. The van der Waals surface area contributed by atoms with Gasteiger partial charge in [0.15, 0.2) is 0 Å². The minimum Gasteiger partial charge on any atom is -0.398 e. The van der Waals surface area contributed by atoms with Gasteiger partial charge < -0.3 is 10.6 Å². The Morgan fingerprint density at radius 3 is 2.71 bits per heavy atom. The zero-order chi connectivity index (χ0) is 15.6. The summed E-state index contributed by atoms with van der Waals surface area (Å²) in [5, 5.41) is 0.296. The van der Waals surface area contributed by atoms with E-state index >= 15 is 0 Å². The summed E-state index contributed by atoms with van der Waals surface area (Å²) in [5.74, 6) is -0.689. The van der Waals surface area contributed by atoms with E-state index in [0.717, 1.165) is 4.47 Å². The van der Waals surface area contributed by atoms with Crippen LogP contribution in [0.15, 0.2) is 40.9 Å². The van der Waals surface area contributed by atoms with Crippen molar-refractivity contribution in [1.29, 1.82) is 0 Å². The van der Waals surface area contributed by atoms with Crippen LogP contribution >= 0.6 is 27.5 Å². The van der Waals surface area contributed by atoms with E-state index in [9.17, 15) is 9.18 Å². The number of hydrogen-bond donors (Lipinski definition) is 1. The van der Waals surface area contributed by atoms with Gasteiger partial charge >= 0.3 is 0 Å². The van der Waals surface area contributed by atoms with Crippen molar-refractivity contribution in [2.45, 2.75) is 6.54 Å². The van der Waals surface area contributed by atoms with Gasteiger partial charge in [-0.05, 0) is 46.3 Å². The molecule has 0 aliphatic rings. The van der Waals surface area contributed by atoms with E-state index < -0.39 is 5.82 Å². The van der Waals surface area contributed by atoms with Crippen LogP contribution in [0.5, 0.6) is 0 Å². The van der Waals surface area contributed by atoms with Crippen LogP contribution in [0.25, 0.3) is 0 Å². The number of nitrogens with two attached hydrogens (primary N) is 1. The second-order valence-corrected chi connectivity index (χ2v) is 5.86. The van der Waals surface area contributed by atoms with E-state index in [1.165, 1.54) is 17.0 Å². The molecule has 2 aromatic rings. The van der Waals surface area contributed by atoms with Gasteiger partial charge in [0, 0.05) is 39.9 Å². The number of amides is 1. The minimum atomic E-state index is -0.433. The third-order valence-corrected chi connectivity index (χ3v) is 4.12. The fourth-order valence-corrected chi connectivity index (χ4v) is 2.36. The third-order valence-electron chi connectivity index (χ3n) is 3.05. The second kappa shape index (κ2) is 6.45. The molecule has 0 aliphatic heterocycles. The molecule has 0 bridgehead atoms. The van der Waals surface area contributed by atoms with Gasteiger partial charge in [0.25, 0.3) is 5.91 Å². The quantitative estimate of drug-likeness (QED) is 0.826. The fourth-order valence-electron chi connectivity index (χ4n) is 1.89. The van der Waals surface area contributed by atoms with E-state index in [4.69, 9.17) is 17.3 Å². The standard InChI is InChI=1S/C15H13BrClFN2O/c1-20(8-10-12(17)3-2-4-13(10)18)15(21)9-5-6-11(16)14(19)7-9/h2-7H,8,19H2,1H3. The van der Waals surface area contributed by atoms with Crippen LogP contribution in [-0.2, 0) is 6.54 Å². The van der Waals surface area contributed by atoms with Crippen LogP contribution in [0, 0.1) is 5.82 Å². The van der Waals surface area contributed by atoms with Crippen molar-refractivity contribution < 1.29 is 9.18 Å². The summed E-state index contributed by atoms with van der Waals surface area (Å²) in [5.41, 5.74) is 6.96. The zero-order valence-electron chi connectivity index (χ0n) is 11.2. The number of nitrogens with zero attached hydrogens (tertiary/aromatic N) is 1. The fraction of sp³-hybridized carbons (Fsp3) is 0.133. The largest absolute Gasteiger partial charge is 0.398 e. The topological polar surface area (TPSA) is 46.3 Å². The Morgan fingerprint density at radius 1 is 1.38 bits per heavy atom. The number of carbonyl (C=O) groups is 1. The average molecular weight is 372 g/mol. The van der Waals surface area contributed by atoms with Crippen LogP contribution in [0.1, 0.15) is 15.9 Å². The summed E-state index contributed by atoms with van der Waals surface area (Å²) < 4.78 is 14.5. The normalized spacial score (nSPS) is 10.5. The Morgan fingerprint density at radius 2 is 2.10 bits per heavy atom. The first-order valence-electron chi connectivity index (χ1n) is 6.13. The highest BCUT2D eigenvalue weighted by molar-refractivity contribution is 9.10.